The molecule has 0 aromatic carbocycles. The van der Waals surface area contributed by atoms with Gasteiger partial charge in [0.1, 0.15) is 61.7 Å². The van der Waals surface area contributed by atoms with Gasteiger partial charge in [-0.1, -0.05) is 6.92 Å². The van der Waals surface area contributed by atoms with Crippen LogP contribution in [0.3, 0.4) is 0 Å². The molecule has 4 aliphatic carbocycles. The predicted molar refractivity (Wildman–Crippen MR) is 169 cm³/mol. The Kier molecular flexibility index (Phi) is 10.0. The Hall–Kier alpha value is -1.64. The highest BCUT2D eigenvalue weighted by Gasteiger charge is 2.71. The Bertz CT molecular complexity index is 1360. The third kappa shape index (κ3) is 5.67. The normalized spacial score (nSPS) is 54.2. The lowest BCUT2D eigenvalue weighted by Gasteiger charge is -2.65. The number of aliphatic hydroxyl groups excluding tert-OH is 7. The summed E-state index contributed by atoms with van der Waals surface area (Å²) in [5.74, 6) is -0.922. The van der Waals surface area contributed by atoms with Crippen molar-refractivity contribution in [1.82, 2.24) is 0 Å². The van der Waals surface area contributed by atoms with Gasteiger partial charge in [0.15, 0.2) is 12.6 Å². The molecule has 9 N–H and O–H groups in total. The van der Waals surface area contributed by atoms with E-state index in [1.54, 1.807) is 6.08 Å². The average molecular weight is 729 g/mol. The van der Waals surface area contributed by atoms with E-state index >= 15 is 0 Å². The van der Waals surface area contributed by atoms with Crippen LogP contribution in [-0.2, 0) is 33.3 Å². The van der Waals surface area contributed by atoms with Gasteiger partial charge < -0.3 is 74.4 Å². The SMILES string of the molecule is C[C@]12CC[C@H]3[C@@H](CC[C@]4(O)C[C@@H](O[C@@H]5O[C@@H](CO)[C@H](O[C@@H]6O[C@H](CO)[C@@H](O)[C@H](O)[C@H]6O)[C@@H](O)[C@H]5O)CC[C@]34C=O)[C@@]1(O)CC[C@@H]2C1=CC(=O)OC1. The molecular weight excluding hydrogens is 676 g/mol. The fourth-order valence-corrected chi connectivity index (χ4v) is 11.3. The molecule has 16 nitrogen and oxygen atoms in total. The molecule has 0 bridgehead atoms. The highest BCUT2D eigenvalue weighted by atomic mass is 16.7. The van der Waals surface area contributed by atoms with Crippen LogP contribution in [0.5, 0.6) is 0 Å². The molecule has 7 aliphatic rings. The van der Waals surface area contributed by atoms with E-state index in [9.17, 15) is 55.5 Å². The summed E-state index contributed by atoms with van der Waals surface area (Å²) in [4.78, 5) is 25.1. The highest BCUT2D eigenvalue weighted by molar-refractivity contribution is 5.85. The summed E-state index contributed by atoms with van der Waals surface area (Å²) < 4.78 is 28.2. The molecule has 0 aromatic rings. The van der Waals surface area contributed by atoms with Crippen LogP contribution in [0.4, 0.5) is 0 Å². The Balaban J connectivity index is 1.03. The van der Waals surface area contributed by atoms with Crippen LogP contribution < -0.4 is 0 Å². The molecule has 0 amide bonds. The number of aliphatic hydroxyl groups is 9. The smallest absolute Gasteiger partial charge is 0.331 e. The van der Waals surface area contributed by atoms with Gasteiger partial charge in [0.25, 0.3) is 0 Å². The number of hydrogen-bond donors (Lipinski definition) is 9. The van der Waals surface area contributed by atoms with Crippen LogP contribution in [0.1, 0.15) is 64.7 Å². The van der Waals surface area contributed by atoms with E-state index < -0.39 is 103 Å². The molecule has 0 unspecified atom stereocenters. The largest absolute Gasteiger partial charge is 0.458 e. The summed E-state index contributed by atoms with van der Waals surface area (Å²) in [7, 11) is 0. The first kappa shape index (κ1) is 37.7. The first-order valence-corrected chi connectivity index (χ1v) is 18.2. The monoisotopic (exact) mass is 728 g/mol. The standard InChI is InChI=1S/C35H52O16/c1-32-6-3-19-20(35(32,46)9-5-18(32)16-10-23(39)47-14-16)4-8-34(45)11-17(2-7-33(19,34)15-38)48-30-28(44)26(42)29(22(13-37)50-30)51-31-27(43)25(41)24(40)21(12-36)49-31/h10,15,17-22,24-31,36-37,40-46H,2-9,11-14H2,1H3/t17-,18+,19-,20+,21+,22-,24+,25-,26-,27+,28+,29-,30+,31-,32+,33-,34-,35-/m0/s1. The number of carbonyl (C=O) groups excluding carboxylic acids is 2. The summed E-state index contributed by atoms with van der Waals surface area (Å²) >= 11 is 0. The van der Waals surface area contributed by atoms with Gasteiger partial charge in [-0.2, -0.15) is 0 Å². The van der Waals surface area contributed by atoms with E-state index in [1.807, 2.05) is 0 Å². The van der Waals surface area contributed by atoms with Crippen molar-refractivity contribution in [2.45, 2.75) is 143 Å². The van der Waals surface area contributed by atoms with E-state index in [0.717, 1.165) is 11.9 Å². The van der Waals surface area contributed by atoms with Gasteiger partial charge in [-0.05, 0) is 74.7 Å². The molecule has 18 atom stereocenters. The van der Waals surface area contributed by atoms with Gasteiger partial charge in [-0.15, -0.1) is 0 Å². The van der Waals surface area contributed by atoms with Crippen molar-refractivity contribution in [2.75, 3.05) is 19.8 Å². The van der Waals surface area contributed by atoms with E-state index in [1.165, 1.54) is 0 Å². The zero-order valence-electron chi connectivity index (χ0n) is 28.6. The molecule has 51 heavy (non-hydrogen) atoms. The summed E-state index contributed by atoms with van der Waals surface area (Å²) in [6.07, 6.45) is -10.5. The highest BCUT2D eigenvalue weighted by Crippen LogP contribution is 2.70. The van der Waals surface area contributed by atoms with E-state index in [2.05, 4.69) is 6.92 Å². The van der Waals surface area contributed by atoms with Crippen molar-refractivity contribution in [2.24, 2.45) is 28.6 Å². The maximum atomic E-state index is 13.2. The Morgan fingerprint density at radius 2 is 1.47 bits per heavy atom. The van der Waals surface area contributed by atoms with Crippen molar-refractivity contribution < 1.29 is 79.2 Å². The minimum atomic E-state index is -1.80. The van der Waals surface area contributed by atoms with Gasteiger partial charge in [0.2, 0.25) is 0 Å². The average Bonchev–Trinajstić information content (AvgIpc) is 3.66. The maximum Gasteiger partial charge on any atom is 0.331 e. The van der Waals surface area contributed by atoms with Crippen molar-refractivity contribution >= 4 is 12.3 Å². The van der Waals surface area contributed by atoms with Crippen LogP contribution in [0.15, 0.2) is 11.6 Å². The molecule has 3 heterocycles. The summed E-state index contributed by atoms with van der Waals surface area (Å²) in [5.41, 5.74) is -3.35. The van der Waals surface area contributed by atoms with E-state index in [0.29, 0.717) is 38.5 Å². The van der Waals surface area contributed by atoms with E-state index in [4.69, 9.17) is 23.7 Å². The Morgan fingerprint density at radius 3 is 2.14 bits per heavy atom. The second-order valence-corrected chi connectivity index (χ2v) is 16.2. The number of cyclic esters (lactones) is 1. The molecule has 0 radical (unpaired) electrons. The molecule has 7 rings (SSSR count). The van der Waals surface area contributed by atoms with Gasteiger partial charge in [0, 0.05) is 17.9 Å². The van der Waals surface area contributed by atoms with Crippen LogP contribution in [0, 0.1) is 28.6 Å². The Morgan fingerprint density at radius 1 is 0.804 bits per heavy atom. The quantitative estimate of drug-likeness (QED) is 0.0714. The number of fused-ring (bicyclic) bond motifs is 5. The van der Waals surface area contributed by atoms with Gasteiger partial charge >= 0.3 is 5.97 Å². The minimum absolute atomic E-state index is 0.0192. The van der Waals surface area contributed by atoms with Crippen molar-refractivity contribution in [3.05, 3.63) is 11.6 Å². The summed E-state index contributed by atoms with van der Waals surface area (Å²) in [6, 6.07) is 0. The minimum Gasteiger partial charge on any atom is -0.458 e. The van der Waals surface area contributed by atoms with Crippen molar-refractivity contribution in [1.29, 1.82) is 0 Å². The number of rotatable bonds is 8. The number of esters is 1. The molecule has 0 aromatic heterocycles. The van der Waals surface area contributed by atoms with Crippen molar-refractivity contribution in [3.63, 3.8) is 0 Å². The van der Waals surface area contributed by atoms with Crippen LogP contribution >= 0.6 is 0 Å². The van der Waals surface area contributed by atoms with Crippen molar-refractivity contribution in [3.8, 4) is 0 Å². The Labute approximate surface area is 294 Å². The molecule has 288 valence electrons. The van der Waals surface area contributed by atoms with Crippen LogP contribution in [-0.4, -0.2) is 157 Å². The van der Waals surface area contributed by atoms with E-state index in [-0.39, 0.29) is 49.6 Å². The third-order valence-corrected chi connectivity index (χ3v) is 14.1. The first-order chi connectivity index (χ1) is 24.2. The summed E-state index contributed by atoms with van der Waals surface area (Å²) in [5, 5.41) is 97.2. The lowest BCUT2D eigenvalue weighted by molar-refractivity contribution is -0.365. The molecule has 0 spiro atoms. The lowest BCUT2D eigenvalue weighted by Crippen LogP contribution is -2.69. The molecular formula is C35H52O16. The fraction of sp³-hybridized carbons (Fsp3) is 0.886. The second-order valence-electron chi connectivity index (χ2n) is 16.2. The number of aldehydes is 1. The molecule has 2 saturated heterocycles. The van der Waals surface area contributed by atoms with Crippen LogP contribution in [0.2, 0.25) is 0 Å². The molecule has 6 fully saturated rings. The lowest BCUT2D eigenvalue weighted by atomic mass is 9.41. The zero-order chi connectivity index (χ0) is 36.7. The third-order valence-electron chi connectivity index (χ3n) is 14.1. The number of hydrogen-bond acceptors (Lipinski definition) is 16. The fourth-order valence-electron chi connectivity index (χ4n) is 11.3. The summed E-state index contributed by atoms with van der Waals surface area (Å²) in [6.45, 7) is 0.868. The maximum absolute atomic E-state index is 13.2. The van der Waals surface area contributed by atoms with Gasteiger partial charge in [0.05, 0.1) is 35.9 Å². The molecule has 16 heteroatoms. The van der Waals surface area contributed by atoms with Gasteiger partial charge in [-0.3, -0.25) is 0 Å². The second kappa shape index (κ2) is 13.6. The molecule has 4 saturated carbocycles. The topological polar surface area (TPSA) is 262 Å². The zero-order valence-corrected chi connectivity index (χ0v) is 28.6. The van der Waals surface area contributed by atoms with Crippen LogP contribution in [0.25, 0.3) is 0 Å². The molecule has 3 aliphatic heterocycles. The number of ether oxygens (including phenoxy) is 5. The predicted octanol–water partition coefficient (Wildman–Crippen LogP) is -2.45. The number of carbonyl (C=O) groups is 2. The first-order valence-electron chi connectivity index (χ1n) is 18.2. The van der Waals surface area contributed by atoms with Gasteiger partial charge in [-0.25, -0.2) is 4.79 Å².